The molecule has 29 heavy (non-hydrogen) atoms. The number of hydrazine groups is 1. The van der Waals surface area contributed by atoms with Gasteiger partial charge in [-0.15, -0.1) is 11.3 Å². The fraction of sp³-hybridized carbons (Fsp3) is 0.333. The number of nitrogens with one attached hydrogen (secondary N) is 3. The number of aromatic nitrogens is 1. The molecule has 152 valence electrons. The first-order valence-corrected chi connectivity index (χ1v) is 10.4. The van der Waals surface area contributed by atoms with Gasteiger partial charge >= 0.3 is 0 Å². The van der Waals surface area contributed by atoms with E-state index in [1.165, 1.54) is 34.6 Å². The lowest BCUT2D eigenvalue weighted by Crippen LogP contribution is -2.41. The Labute approximate surface area is 172 Å². The van der Waals surface area contributed by atoms with E-state index in [2.05, 4.69) is 15.8 Å². The van der Waals surface area contributed by atoms with Gasteiger partial charge in [-0.05, 0) is 49.4 Å². The molecule has 7 nitrogen and oxygen atoms in total. The molecule has 2 heterocycles. The smallest absolute Gasteiger partial charge is 0.286 e. The van der Waals surface area contributed by atoms with E-state index in [-0.39, 0.29) is 5.91 Å². The van der Waals surface area contributed by atoms with Gasteiger partial charge < -0.3 is 14.5 Å². The molecule has 2 aromatic heterocycles. The fourth-order valence-electron chi connectivity index (χ4n) is 3.61. The molecule has 0 aliphatic heterocycles. The molecule has 1 aromatic carbocycles. The number of carbonyl (C=O) groups excluding carboxylic acids is 2. The number of carbonyl (C=O) groups is 2. The summed E-state index contributed by atoms with van der Waals surface area (Å²) >= 11 is 1.52. The molecule has 2 amide bonds. The molecule has 4 rings (SSSR count). The van der Waals surface area contributed by atoms with Crippen LogP contribution in [0.3, 0.4) is 0 Å². The largest absolute Gasteiger partial charge is 0.497 e. The van der Waals surface area contributed by atoms with Gasteiger partial charge in [-0.2, -0.15) is 0 Å². The first kappa shape index (κ1) is 19.3. The number of rotatable bonds is 4. The van der Waals surface area contributed by atoms with Gasteiger partial charge in [-0.3, -0.25) is 20.4 Å². The van der Waals surface area contributed by atoms with Crippen molar-refractivity contribution in [2.75, 3.05) is 14.2 Å². The number of thiophene rings is 1. The maximum absolute atomic E-state index is 12.5. The molecule has 8 heteroatoms. The zero-order chi connectivity index (χ0) is 20.4. The Balaban J connectivity index is 1.46. The molecule has 0 radical (unpaired) electrons. The van der Waals surface area contributed by atoms with Crippen LogP contribution < -0.4 is 20.3 Å². The van der Waals surface area contributed by atoms with Gasteiger partial charge in [-0.25, -0.2) is 0 Å². The first-order chi connectivity index (χ1) is 14.1. The van der Waals surface area contributed by atoms with Crippen molar-refractivity contribution in [1.29, 1.82) is 0 Å². The van der Waals surface area contributed by atoms with E-state index in [9.17, 15) is 9.59 Å². The van der Waals surface area contributed by atoms with Crippen molar-refractivity contribution < 1.29 is 19.1 Å². The molecular formula is C21H23N3O4S. The molecule has 0 fully saturated rings. The number of methoxy groups -OCH3 is 2. The van der Waals surface area contributed by atoms with Crippen LogP contribution in [0.4, 0.5) is 0 Å². The maximum Gasteiger partial charge on any atom is 0.286 e. The van der Waals surface area contributed by atoms with Gasteiger partial charge in [0.15, 0.2) is 0 Å². The number of hydrogen-bond donors (Lipinski definition) is 3. The zero-order valence-electron chi connectivity index (χ0n) is 16.4. The van der Waals surface area contributed by atoms with Crippen molar-refractivity contribution in [3.63, 3.8) is 0 Å². The molecule has 0 unspecified atom stereocenters. The third kappa shape index (κ3) is 3.93. The molecule has 0 saturated carbocycles. The van der Waals surface area contributed by atoms with Gasteiger partial charge in [0.1, 0.15) is 17.2 Å². The van der Waals surface area contributed by atoms with E-state index < -0.39 is 5.91 Å². The minimum atomic E-state index is -0.436. The van der Waals surface area contributed by atoms with E-state index in [0.29, 0.717) is 27.6 Å². The molecule has 0 saturated heterocycles. The van der Waals surface area contributed by atoms with Crippen LogP contribution in [-0.4, -0.2) is 31.0 Å². The van der Waals surface area contributed by atoms with Crippen molar-refractivity contribution in [3.8, 4) is 11.5 Å². The fourth-order valence-corrected chi connectivity index (χ4v) is 4.76. The Morgan fingerprint density at radius 3 is 2.55 bits per heavy atom. The summed E-state index contributed by atoms with van der Waals surface area (Å²) in [4.78, 5) is 29.9. The topological polar surface area (TPSA) is 92.4 Å². The summed E-state index contributed by atoms with van der Waals surface area (Å²) in [6.07, 6.45) is 5.61. The average Bonchev–Trinajstić information content (AvgIpc) is 3.29. The van der Waals surface area contributed by atoms with E-state index in [4.69, 9.17) is 9.47 Å². The van der Waals surface area contributed by atoms with Crippen molar-refractivity contribution in [3.05, 3.63) is 45.3 Å². The van der Waals surface area contributed by atoms with Crippen molar-refractivity contribution in [2.24, 2.45) is 0 Å². The Hall–Kier alpha value is -3.00. The zero-order valence-corrected chi connectivity index (χ0v) is 17.2. The Morgan fingerprint density at radius 1 is 0.966 bits per heavy atom. The minimum absolute atomic E-state index is 0.299. The number of benzene rings is 1. The van der Waals surface area contributed by atoms with Crippen molar-refractivity contribution in [1.82, 2.24) is 15.8 Å². The Kier molecular flexibility index (Phi) is 5.44. The molecular weight excluding hydrogens is 390 g/mol. The monoisotopic (exact) mass is 413 g/mol. The van der Waals surface area contributed by atoms with Gasteiger partial charge in [0.2, 0.25) is 0 Å². The highest BCUT2D eigenvalue weighted by Crippen LogP contribution is 2.31. The first-order valence-electron chi connectivity index (χ1n) is 9.56. The highest BCUT2D eigenvalue weighted by molar-refractivity contribution is 7.14. The summed E-state index contributed by atoms with van der Waals surface area (Å²) in [5, 5.41) is 0.777. The lowest BCUT2D eigenvalue weighted by molar-refractivity contribution is 0.0846. The van der Waals surface area contributed by atoms with Crippen LogP contribution in [-0.2, 0) is 12.8 Å². The van der Waals surface area contributed by atoms with Crippen LogP contribution in [0.15, 0.2) is 24.3 Å². The third-order valence-corrected chi connectivity index (χ3v) is 6.36. The SMILES string of the molecule is COc1cc(OC)c2[nH]c(C(=O)NNC(=O)c3cc4c(s3)CCCCC4)cc2c1. The second-order valence-corrected chi connectivity index (χ2v) is 8.14. The molecule has 0 spiro atoms. The number of fused-ring (bicyclic) bond motifs is 2. The Bertz CT molecular complexity index is 1050. The van der Waals surface area contributed by atoms with E-state index in [1.54, 1.807) is 26.4 Å². The van der Waals surface area contributed by atoms with Crippen LogP contribution in [0.25, 0.3) is 10.9 Å². The van der Waals surface area contributed by atoms with Crippen LogP contribution >= 0.6 is 11.3 Å². The minimum Gasteiger partial charge on any atom is -0.497 e. The second kappa shape index (κ2) is 8.16. The van der Waals surface area contributed by atoms with Crippen molar-refractivity contribution in [2.45, 2.75) is 32.1 Å². The summed E-state index contributed by atoms with van der Waals surface area (Å²) < 4.78 is 10.6. The number of aryl methyl sites for hydroxylation is 2. The molecule has 0 atom stereocenters. The average molecular weight is 413 g/mol. The van der Waals surface area contributed by atoms with Gasteiger partial charge in [0.25, 0.3) is 11.8 Å². The summed E-state index contributed by atoms with van der Waals surface area (Å²) in [7, 11) is 3.12. The number of ether oxygens (including phenoxy) is 2. The van der Waals surface area contributed by atoms with Crippen LogP contribution in [0.2, 0.25) is 0 Å². The number of amides is 2. The van der Waals surface area contributed by atoms with Gasteiger partial charge in [0.05, 0.1) is 24.6 Å². The lowest BCUT2D eigenvalue weighted by Gasteiger charge is -2.05. The standard InChI is InChI=1S/C21H23N3O4S/c1-27-14-8-13-9-15(22-19(13)16(11-14)28-2)20(25)23-24-21(26)18-10-12-6-4-3-5-7-17(12)29-18/h8-11,22H,3-7H2,1-2H3,(H,23,25)(H,24,26). The predicted molar refractivity (Wildman–Crippen MR) is 112 cm³/mol. The highest BCUT2D eigenvalue weighted by Gasteiger charge is 2.18. The predicted octanol–water partition coefficient (Wildman–Crippen LogP) is 3.59. The maximum atomic E-state index is 12.5. The molecule has 3 aromatic rings. The van der Waals surface area contributed by atoms with Crippen LogP contribution in [0.5, 0.6) is 11.5 Å². The summed E-state index contributed by atoms with van der Waals surface area (Å²) in [5.74, 6) is 0.467. The molecule has 0 bridgehead atoms. The number of aromatic amines is 1. The summed E-state index contributed by atoms with van der Waals surface area (Å²) in [5.41, 5.74) is 7.26. The normalized spacial score (nSPS) is 13.4. The second-order valence-electron chi connectivity index (χ2n) is 7.00. The van der Waals surface area contributed by atoms with E-state index >= 15 is 0 Å². The van der Waals surface area contributed by atoms with Gasteiger partial charge in [0, 0.05) is 16.3 Å². The number of hydrogen-bond acceptors (Lipinski definition) is 5. The Morgan fingerprint density at radius 2 is 1.76 bits per heavy atom. The quantitative estimate of drug-likeness (QED) is 0.450. The van der Waals surface area contributed by atoms with Gasteiger partial charge in [-0.1, -0.05) is 6.42 Å². The number of H-pyrrole nitrogens is 1. The van der Waals surface area contributed by atoms with Crippen molar-refractivity contribution >= 4 is 34.1 Å². The van der Waals surface area contributed by atoms with E-state index in [0.717, 1.165) is 24.6 Å². The van der Waals surface area contributed by atoms with E-state index in [1.807, 2.05) is 12.1 Å². The van der Waals surface area contributed by atoms with Crippen LogP contribution in [0, 0.1) is 0 Å². The highest BCUT2D eigenvalue weighted by atomic mass is 32.1. The summed E-state index contributed by atoms with van der Waals surface area (Å²) in [6.45, 7) is 0. The van der Waals surface area contributed by atoms with Crippen LogP contribution in [0.1, 0.15) is 49.9 Å². The third-order valence-electron chi connectivity index (χ3n) is 5.13. The summed E-state index contributed by atoms with van der Waals surface area (Å²) in [6, 6.07) is 7.19. The molecule has 1 aliphatic carbocycles. The molecule has 3 N–H and O–H groups in total. The molecule has 1 aliphatic rings. The lowest BCUT2D eigenvalue weighted by atomic mass is 10.1.